The number of ketones is 1. The lowest BCUT2D eigenvalue weighted by Gasteiger charge is -2.03. The van der Waals surface area contributed by atoms with Gasteiger partial charge in [0.2, 0.25) is 0 Å². The van der Waals surface area contributed by atoms with E-state index in [-0.39, 0.29) is 5.78 Å². The Morgan fingerprint density at radius 2 is 2.00 bits per heavy atom. The van der Waals surface area contributed by atoms with Crippen LogP contribution in [0.5, 0.6) is 0 Å². The van der Waals surface area contributed by atoms with Crippen LogP contribution in [0.2, 0.25) is 0 Å². The molecule has 82 valence electrons. The highest BCUT2D eigenvalue weighted by Crippen LogP contribution is 2.21. The Bertz CT molecular complexity index is 541. The lowest BCUT2D eigenvalue weighted by molar-refractivity contribution is 0.101. The lowest BCUT2D eigenvalue weighted by Crippen LogP contribution is -1.93. The van der Waals surface area contributed by atoms with Crippen molar-refractivity contribution in [1.29, 1.82) is 0 Å². The SMILES string of the molecule is CC(=O)c1cc(C)cc(-c2cnn(C)c2)c1. The molecule has 0 fully saturated rings. The average Bonchev–Trinajstić information content (AvgIpc) is 2.64. The maximum absolute atomic E-state index is 11.4. The van der Waals surface area contributed by atoms with Crippen molar-refractivity contribution in [2.75, 3.05) is 0 Å². The van der Waals surface area contributed by atoms with Crippen LogP contribution in [0.3, 0.4) is 0 Å². The summed E-state index contributed by atoms with van der Waals surface area (Å²) in [6.45, 7) is 3.58. The van der Waals surface area contributed by atoms with Gasteiger partial charge in [-0.25, -0.2) is 0 Å². The predicted molar refractivity (Wildman–Crippen MR) is 63.4 cm³/mol. The van der Waals surface area contributed by atoms with Crippen LogP contribution in [0.25, 0.3) is 11.1 Å². The summed E-state index contributed by atoms with van der Waals surface area (Å²) in [5.41, 5.74) is 3.91. The maximum Gasteiger partial charge on any atom is 0.159 e. The van der Waals surface area contributed by atoms with Gasteiger partial charge in [0.25, 0.3) is 0 Å². The molecule has 3 nitrogen and oxygen atoms in total. The fraction of sp³-hybridized carbons (Fsp3) is 0.231. The van der Waals surface area contributed by atoms with Gasteiger partial charge in [0.1, 0.15) is 0 Å². The van der Waals surface area contributed by atoms with Gasteiger partial charge in [-0.1, -0.05) is 6.07 Å². The number of hydrogen-bond donors (Lipinski definition) is 0. The summed E-state index contributed by atoms with van der Waals surface area (Å²) in [7, 11) is 1.88. The highest BCUT2D eigenvalue weighted by atomic mass is 16.1. The summed E-state index contributed by atoms with van der Waals surface area (Å²) in [5, 5.41) is 4.13. The monoisotopic (exact) mass is 214 g/mol. The molecule has 3 heteroatoms. The van der Waals surface area contributed by atoms with Crippen LogP contribution in [0.15, 0.2) is 30.6 Å². The molecule has 0 unspecified atom stereocenters. The molecular weight excluding hydrogens is 200 g/mol. The van der Waals surface area contributed by atoms with Crippen LogP contribution in [0, 0.1) is 6.92 Å². The van der Waals surface area contributed by atoms with Gasteiger partial charge in [-0.05, 0) is 37.1 Å². The van der Waals surface area contributed by atoms with Crippen LogP contribution in [-0.4, -0.2) is 15.6 Å². The van der Waals surface area contributed by atoms with E-state index in [1.807, 2.05) is 32.3 Å². The topological polar surface area (TPSA) is 34.9 Å². The quantitative estimate of drug-likeness (QED) is 0.720. The summed E-state index contributed by atoms with van der Waals surface area (Å²) in [6.07, 6.45) is 3.75. The first kappa shape index (κ1) is 10.6. The third kappa shape index (κ3) is 2.03. The van der Waals surface area contributed by atoms with E-state index in [0.29, 0.717) is 0 Å². The summed E-state index contributed by atoms with van der Waals surface area (Å²) >= 11 is 0. The summed E-state index contributed by atoms with van der Waals surface area (Å²) in [5.74, 6) is 0.0915. The molecule has 1 heterocycles. The molecule has 0 aliphatic heterocycles. The molecule has 0 radical (unpaired) electrons. The number of aryl methyl sites for hydroxylation is 2. The molecule has 0 spiro atoms. The highest BCUT2D eigenvalue weighted by Gasteiger charge is 2.05. The van der Waals surface area contributed by atoms with Gasteiger partial charge in [-0.2, -0.15) is 5.10 Å². The molecule has 0 saturated carbocycles. The van der Waals surface area contributed by atoms with Crippen molar-refractivity contribution in [1.82, 2.24) is 9.78 Å². The summed E-state index contributed by atoms with van der Waals surface area (Å²) in [4.78, 5) is 11.4. The first-order valence-corrected chi connectivity index (χ1v) is 5.18. The Morgan fingerprint density at radius 3 is 2.56 bits per heavy atom. The first-order valence-electron chi connectivity index (χ1n) is 5.18. The van der Waals surface area contributed by atoms with Crippen molar-refractivity contribution in [2.45, 2.75) is 13.8 Å². The van der Waals surface area contributed by atoms with Crippen molar-refractivity contribution < 1.29 is 4.79 Å². The smallest absolute Gasteiger partial charge is 0.159 e. The van der Waals surface area contributed by atoms with E-state index in [9.17, 15) is 4.79 Å². The molecular formula is C13H14N2O. The van der Waals surface area contributed by atoms with Crippen molar-refractivity contribution in [3.63, 3.8) is 0 Å². The van der Waals surface area contributed by atoms with E-state index in [0.717, 1.165) is 22.3 Å². The van der Waals surface area contributed by atoms with Gasteiger partial charge in [0.15, 0.2) is 5.78 Å². The normalized spacial score (nSPS) is 10.4. The van der Waals surface area contributed by atoms with Crippen LogP contribution in [0.4, 0.5) is 0 Å². The van der Waals surface area contributed by atoms with Gasteiger partial charge >= 0.3 is 0 Å². The summed E-state index contributed by atoms with van der Waals surface area (Å²) < 4.78 is 1.76. The van der Waals surface area contributed by atoms with Gasteiger partial charge in [0, 0.05) is 24.4 Å². The van der Waals surface area contributed by atoms with Gasteiger partial charge in [0.05, 0.1) is 6.20 Å². The van der Waals surface area contributed by atoms with Crippen LogP contribution in [-0.2, 0) is 7.05 Å². The van der Waals surface area contributed by atoms with E-state index in [1.54, 1.807) is 17.8 Å². The van der Waals surface area contributed by atoms with Gasteiger partial charge < -0.3 is 0 Å². The standard InChI is InChI=1S/C13H14N2O/c1-9-4-11(10(2)16)6-12(5-9)13-7-14-15(3)8-13/h4-8H,1-3H3. The number of benzene rings is 1. The Labute approximate surface area is 94.7 Å². The molecule has 0 bridgehead atoms. The Kier molecular flexibility index (Phi) is 2.60. The van der Waals surface area contributed by atoms with Crippen LogP contribution >= 0.6 is 0 Å². The Morgan fingerprint density at radius 1 is 1.25 bits per heavy atom. The van der Waals surface area contributed by atoms with E-state index < -0.39 is 0 Å². The number of Topliss-reactive ketones (excluding diaryl/α,β-unsaturated/α-hetero) is 1. The molecule has 16 heavy (non-hydrogen) atoms. The molecule has 1 aromatic heterocycles. The number of hydrogen-bond acceptors (Lipinski definition) is 2. The second-order valence-electron chi connectivity index (χ2n) is 4.05. The van der Waals surface area contributed by atoms with Crippen LogP contribution < -0.4 is 0 Å². The number of rotatable bonds is 2. The van der Waals surface area contributed by atoms with Crippen molar-refractivity contribution in [3.05, 3.63) is 41.7 Å². The number of aromatic nitrogens is 2. The predicted octanol–water partition coefficient (Wildman–Crippen LogP) is 2.60. The highest BCUT2D eigenvalue weighted by molar-refractivity contribution is 5.95. The molecule has 2 rings (SSSR count). The van der Waals surface area contributed by atoms with Gasteiger partial charge in [-0.3, -0.25) is 9.48 Å². The minimum Gasteiger partial charge on any atom is -0.295 e. The zero-order valence-corrected chi connectivity index (χ0v) is 9.69. The third-order valence-electron chi connectivity index (χ3n) is 2.52. The van der Waals surface area contributed by atoms with E-state index in [1.165, 1.54) is 0 Å². The molecule has 0 atom stereocenters. The Hall–Kier alpha value is -1.90. The Balaban J connectivity index is 2.53. The summed E-state index contributed by atoms with van der Waals surface area (Å²) in [6, 6.07) is 5.87. The van der Waals surface area contributed by atoms with Gasteiger partial charge in [-0.15, -0.1) is 0 Å². The second kappa shape index (κ2) is 3.93. The fourth-order valence-electron chi connectivity index (χ4n) is 1.72. The average molecular weight is 214 g/mol. The maximum atomic E-state index is 11.4. The molecule has 0 N–H and O–H groups in total. The van der Waals surface area contributed by atoms with E-state index in [2.05, 4.69) is 11.2 Å². The molecule has 0 saturated heterocycles. The molecule has 0 aliphatic carbocycles. The zero-order chi connectivity index (χ0) is 11.7. The van der Waals surface area contributed by atoms with Crippen molar-refractivity contribution >= 4 is 5.78 Å². The molecule has 2 aromatic rings. The minimum absolute atomic E-state index is 0.0915. The zero-order valence-electron chi connectivity index (χ0n) is 9.69. The lowest BCUT2D eigenvalue weighted by atomic mass is 10.0. The van der Waals surface area contributed by atoms with Crippen LogP contribution in [0.1, 0.15) is 22.8 Å². The van der Waals surface area contributed by atoms with Crippen molar-refractivity contribution in [3.8, 4) is 11.1 Å². The van der Waals surface area contributed by atoms with E-state index >= 15 is 0 Å². The van der Waals surface area contributed by atoms with Crippen molar-refractivity contribution in [2.24, 2.45) is 7.05 Å². The molecule has 1 aromatic carbocycles. The number of carbonyl (C=O) groups excluding carboxylic acids is 1. The largest absolute Gasteiger partial charge is 0.295 e. The number of nitrogens with zero attached hydrogens (tertiary/aromatic N) is 2. The van der Waals surface area contributed by atoms with E-state index in [4.69, 9.17) is 0 Å². The minimum atomic E-state index is 0.0915. The third-order valence-corrected chi connectivity index (χ3v) is 2.52. The second-order valence-corrected chi connectivity index (χ2v) is 4.05. The molecule has 0 aliphatic rings. The number of carbonyl (C=O) groups is 1. The fourth-order valence-corrected chi connectivity index (χ4v) is 1.72. The molecule has 0 amide bonds. The first-order chi connectivity index (χ1) is 7.56.